The molecule has 0 saturated carbocycles. The molecule has 0 aromatic rings. The molecular formula is C13H23N3O3S. The van der Waals surface area contributed by atoms with E-state index in [-0.39, 0.29) is 12.5 Å². The van der Waals surface area contributed by atoms with Gasteiger partial charge >= 0.3 is 5.97 Å². The SMILES string of the molecule is O=C(O)CN1CCN(C(=O)CSC2CCNCC2)CC1. The Morgan fingerprint density at radius 3 is 2.40 bits per heavy atom. The monoisotopic (exact) mass is 301 g/mol. The highest BCUT2D eigenvalue weighted by Gasteiger charge is 2.23. The van der Waals surface area contributed by atoms with Crippen LogP contribution in [0, 0.1) is 0 Å². The zero-order chi connectivity index (χ0) is 14.4. The summed E-state index contributed by atoms with van der Waals surface area (Å²) in [5.41, 5.74) is 0. The van der Waals surface area contributed by atoms with E-state index in [4.69, 9.17) is 5.11 Å². The molecule has 2 rings (SSSR count). The molecule has 2 aliphatic rings. The first kappa shape index (κ1) is 15.6. The highest BCUT2D eigenvalue weighted by atomic mass is 32.2. The van der Waals surface area contributed by atoms with Gasteiger partial charge in [-0.15, -0.1) is 11.8 Å². The number of carbonyl (C=O) groups excluding carboxylic acids is 1. The van der Waals surface area contributed by atoms with Gasteiger partial charge in [0.15, 0.2) is 0 Å². The summed E-state index contributed by atoms with van der Waals surface area (Å²) in [5.74, 6) is -0.0430. The minimum absolute atomic E-state index is 0.0753. The number of carboxylic acids is 1. The van der Waals surface area contributed by atoms with E-state index in [0.717, 1.165) is 25.9 Å². The smallest absolute Gasteiger partial charge is 0.317 e. The van der Waals surface area contributed by atoms with Gasteiger partial charge in [0.1, 0.15) is 0 Å². The Morgan fingerprint density at radius 2 is 1.80 bits per heavy atom. The maximum atomic E-state index is 12.1. The molecule has 2 fully saturated rings. The van der Waals surface area contributed by atoms with Gasteiger partial charge in [-0.3, -0.25) is 14.5 Å². The molecule has 0 atom stereocenters. The molecule has 0 aromatic carbocycles. The second kappa shape index (κ2) is 7.85. The fourth-order valence-electron chi connectivity index (χ4n) is 2.59. The van der Waals surface area contributed by atoms with Crippen molar-refractivity contribution in [2.45, 2.75) is 18.1 Å². The van der Waals surface area contributed by atoms with Gasteiger partial charge in [-0.05, 0) is 25.9 Å². The van der Waals surface area contributed by atoms with Crippen molar-refractivity contribution in [3.63, 3.8) is 0 Å². The summed E-state index contributed by atoms with van der Waals surface area (Å²) in [4.78, 5) is 26.5. The highest BCUT2D eigenvalue weighted by molar-refractivity contribution is 8.00. The number of nitrogens with one attached hydrogen (secondary N) is 1. The third kappa shape index (κ3) is 4.96. The Bertz CT molecular complexity index is 340. The summed E-state index contributed by atoms with van der Waals surface area (Å²) in [6.07, 6.45) is 2.29. The number of hydrogen-bond donors (Lipinski definition) is 2. The minimum Gasteiger partial charge on any atom is -0.480 e. The van der Waals surface area contributed by atoms with Crippen LogP contribution in [-0.4, -0.2) is 83.6 Å². The quantitative estimate of drug-likeness (QED) is 0.726. The molecule has 2 N–H and O–H groups in total. The number of hydrogen-bond acceptors (Lipinski definition) is 5. The van der Waals surface area contributed by atoms with Crippen LogP contribution < -0.4 is 5.32 Å². The van der Waals surface area contributed by atoms with Crippen LogP contribution >= 0.6 is 11.8 Å². The Hall–Kier alpha value is -0.790. The number of carboxylic acid groups (broad SMARTS) is 1. The van der Waals surface area contributed by atoms with Gasteiger partial charge in [0.25, 0.3) is 0 Å². The Kier molecular flexibility index (Phi) is 6.12. The summed E-state index contributed by atoms with van der Waals surface area (Å²) in [6.45, 7) is 4.81. The number of piperidine rings is 1. The lowest BCUT2D eigenvalue weighted by molar-refractivity contribution is -0.139. The number of thioether (sulfide) groups is 1. The largest absolute Gasteiger partial charge is 0.480 e. The molecule has 0 aromatic heterocycles. The van der Waals surface area contributed by atoms with Gasteiger partial charge in [0.2, 0.25) is 5.91 Å². The number of nitrogens with zero attached hydrogens (tertiary/aromatic N) is 2. The molecule has 0 spiro atoms. The fraction of sp³-hybridized carbons (Fsp3) is 0.846. The van der Waals surface area contributed by atoms with E-state index < -0.39 is 5.97 Å². The standard InChI is InChI=1S/C13H23N3O3S/c17-12(10-20-11-1-3-14-4-2-11)16-7-5-15(6-8-16)9-13(18)19/h11,14H,1-10H2,(H,18,19). The Balaban J connectivity index is 1.65. The number of amides is 1. The lowest BCUT2D eigenvalue weighted by Crippen LogP contribution is -2.50. The van der Waals surface area contributed by atoms with Crippen LogP contribution in [0.5, 0.6) is 0 Å². The summed E-state index contributed by atoms with van der Waals surface area (Å²) in [6, 6.07) is 0. The van der Waals surface area contributed by atoms with Gasteiger partial charge in [-0.25, -0.2) is 0 Å². The number of aliphatic carboxylic acids is 1. The first-order chi connectivity index (χ1) is 9.65. The van der Waals surface area contributed by atoms with E-state index in [2.05, 4.69) is 5.32 Å². The van der Waals surface area contributed by atoms with Crippen molar-refractivity contribution in [1.82, 2.24) is 15.1 Å². The Morgan fingerprint density at radius 1 is 1.15 bits per heavy atom. The third-order valence-electron chi connectivity index (χ3n) is 3.81. The number of rotatable bonds is 5. The second-order valence-corrected chi connectivity index (χ2v) is 6.60. The maximum absolute atomic E-state index is 12.1. The average Bonchev–Trinajstić information content (AvgIpc) is 2.46. The average molecular weight is 301 g/mol. The summed E-state index contributed by atoms with van der Waals surface area (Å²) in [7, 11) is 0. The zero-order valence-corrected chi connectivity index (χ0v) is 12.5. The van der Waals surface area contributed by atoms with Crippen LogP contribution in [0.1, 0.15) is 12.8 Å². The van der Waals surface area contributed by atoms with E-state index >= 15 is 0 Å². The molecule has 114 valence electrons. The first-order valence-corrected chi connectivity index (χ1v) is 8.24. The normalized spacial score (nSPS) is 21.9. The molecule has 0 unspecified atom stereocenters. The van der Waals surface area contributed by atoms with Gasteiger partial charge in [-0.1, -0.05) is 0 Å². The van der Waals surface area contributed by atoms with Crippen molar-refractivity contribution in [3.05, 3.63) is 0 Å². The summed E-state index contributed by atoms with van der Waals surface area (Å²) >= 11 is 1.77. The molecule has 6 nitrogen and oxygen atoms in total. The molecule has 0 aliphatic carbocycles. The maximum Gasteiger partial charge on any atom is 0.317 e. The third-order valence-corrected chi connectivity index (χ3v) is 5.17. The van der Waals surface area contributed by atoms with Crippen LogP contribution in [-0.2, 0) is 9.59 Å². The minimum atomic E-state index is -0.800. The van der Waals surface area contributed by atoms with Crippen LogP contribution in [0.15, 0.2) is 0 Å². The fourth-order valence-corrected chi connectivity index (χ4v) is 3.72. The van der Waals surface area contributed by atoms with Crippen LogP contribution in [0.2, 0.25) is 0 Å². The zero-order valence-electron chi connectivity index (χ0n) is 11.7. The van der Waals surface area contributed by atoms with Crippen LogP contribution in [0.3, 0.4) is 0 Å². The van der Waals surface area contributed by atoms with E-state index in [9.17, 15) is 9.59 Å². The molecule has 0 bridgehead atoms. The molecule has 1 amide bonds. The van der Waals surface area contributed by atoms with Crippen molar-refractivity contribution in [1.29, 1.82) is 0 Å². The van der Waals surface area contributed by atoms with E-state index in [1.54, 1.807) is 11.8 Å². The van der Waals surface area contributed by atoms with Gasteiger partial charge in [0, 0.05) is 31.4 Å². The molecule has 0 radical (unpaired) electrons. The molecule has 7 heteroatoms. The van der Waals surface area contributed by atoms with Gasteiger partial charge in [0.05, 0.1) is 12.3 Å². The van der Waals surface area contributed by atoms with E-state index in [0.29, 0.717) is 37.2 Å². The highest BCUT2D eigenvalue weighted by Crippen LogP contribution is 2.20. The number of carbonyl (C=O) groups is 2. The topological polar surface area (TPSA) is 72.9 Å². The van der Waals surface area contributed by atoms with Crippen molar-refractivity contribution in [2.75, 3.05) is 51.6 Å². The van der Waals surface area contributed by atoms with Crippen molar-refractivity contribution < 1.29 is 14.7 Å². The molecule has 2 aliphatic heterocycles. The lowest BCUT2D eigenvalue weighted by Gasteiger charge is -2.34. The van der Waals surface area contributed by atoms with Gasteiger partial charge in [-0.2, -0.15) is 0 Å². The summed E-state index contributed by atoms with van der Waals surface area (Å²) < 4.78 is 0. The van der Waals surface area contributed by atoms with Crippen molar-refractivity contribution in [2.24, 2.45) is 0 Å². The van der Waals surface area contributed by atoms with Crippen molar-refractivity contribution in [3.8, 4) is 0 Å². The predicted octanol–water partition coefficient (Wildman–Crippen LogP) is -0.300. The number of piperazine rings is 1. The molecular weight excluding hydrogens is 278 g/mol. The molecule has 20 heavy (non-hydrogen) atoms. The molecule has 2 saturated heterocycles. The van der Waals surface area contributed by atoms with Crippen LogP contribution in [0.25, 0.3) is 0 Å². The Labute approximate surface area is 123 Å². The lowest BCUT2D eigenvalue weighted by atomic mass is 10.2. The predicted molar refractivity (Wildman–Crippen MR) is 79.0 cm³/mol. The first-order valence-electron chi connectivity index (χ1n) is 7.19. The second-order valence-electron chi connectivity index (χ2n) is 5.31. The molecule has 2 heterocycles. The van der Waals surface area contributed by atoms with Crippen molar-refractivity contribution >= 4 is 23.6 Å². The van der Waals surface area contributed by atoms with Gasteiger partial charge < -0.3 is 15.3 Å². The van der Waals surface area contributed by atoms with Crippen LogP contribution in [0.4, 0.5) is 0 Å². The van der Waals surface area contributed by atoms with E-state index in [1.807, 2.05) is 9.80 Å². The summed E-state index contributed by atoms with van der Waals surface area (Å²) in [5, 5.41) is 12.7. The van der Waals surface area contributed by atoms with E-state index in [1.165, 1.54) is 0 Å².